The third-order valence-corrected chi connectivity index (χ3v) is 3.24. The van der Waals surface area contributed by atoms with Gasteiger partial charge in [0, 0.05) is 12.2 Å². The molecule has 0 radical (unpaired) electrons. The van der Waals surface area contributed by atoms with Crippen molar-refractivity contribution < 1.29 is 14.0 Å². The highest BCUT2D eigenvalue weighted by Gasteiger charge is 2.09. The second-order valence-electron chi connectivity index (χ2n) is 5.17. The van der Waals surface area contributed by atoms with Crippen molar-refractivity contribution in [2.45, 2.75) is 19.3 Å². The van der Waals surface area contributed by atoms with E-state index in [-0.39, 0.29) is 12.3 Å². The average molecular weight is 314 g/mol. The largest absolute Gasteiger partial charge is 0.356 e. The molecule has 0 atom stereocenters. The third-order valence-electron chi connectivity index (χ3n) is 3.24. The van der Waals surface area contributed by atoms with Gasteiger partial charge >= 0.3 is 0 Å². The Morgan fingerprint density at radius 3 is 2.48 bits per heavy atom. The smallest absolute Gasteiger partial charge is 0.233 e. The molecular weight excluding hydrogens is 295 g/mol. The fraction of sp³-hybridized carbons (Fsp3) is 0.222. The average Bonchev–Trinajstić information content (AvgIpc) is 2.52. The van der Waals surface area contributed by atoms with Crippen molar-refractivity contribution in [3.05, 3.63) is 66.0 Å². The van der Waals surface area contributed by atoms with Gasteiger partial charge in [-0.1, -0.05) is 36.4 Å². The molecule has 2 N–H and O–H groups in total. The SMILES string of the molecule is O=C(CC(=O)Nc1cccc(F)c1)NCCCc1ccccc1. The van der Waals surface area contributed by atoms with Gasteiger partial charge in [-0.2, -0.15) is 0 Å². The molecule has 2 aromatic carbocycles. The zero-order valence-electron chi connectivity index (χ0n) is 12.7. The molecule has 5 heteroatoms. The van der Waals surface area contributed by atoms with E-state index in [4.69, 9.17) is 0 Å². The summed E-state index contributed by atoms with van der Waals surface area (Å²) in [6.07, 6.45) is 1.40. The van der Waals surface area contributed by atoms with E-state index >= 15 is 0 Å². The molecular formula is C18H19FN2O2. The standard InChI is InChI=1S/C18H19FN2O2/c19-15-9-4-10-16(12-15)21-18(23)13-17(22)20-11-5-8-14-6-2-1-3-7-14/h1-4,6-7,9-10,12H,5,8,11,13H2,(H,20,22)(H,21,23). The fourth-order valence-electron chi connectivity index (χ4n) is 2.14. The zero-order chi connectivity index (χ0) is 16.5. The van der Waals surface area contributed by atoms with Crippen molar-refractivity contribution >= 4 is 17.5 Å². The van der Waals surface area contributed by atoms with Crippen molar-refractivity contribution in [1.82, 2.24) is 5.32 Å². The van der Waals surface area contributed by atoms with Crippen molar-refractivity contribution in [2.24, 2.45) is 0 Å². The maximum Gasteiger partial charge on any atom is 0.233 e. The maximum atomic E-state index is 13.0. The van der Waals surface area contributed by atoms with E-state index < -0.39 is 11.7 Å². The molecule has 23 heavy (non-hydrogen) atoms. The molecule has 0 aliphatic rings. The van der Waals surface area contributed by atoms with Gasteiger partial charge in [0.1, 0.15) is 12.2 Å². The van der Waals surface area contributed by atoms with Gasteiger partial charge in [-0.25, -0.2) is 4.39 Å². The monoisotopic (exact) mass is 314 g/mol. The Hall–Kier alpha value is -2.69. The molecule has 0 bridgehead atoms. The minimum Gasteiger partial charge on any atom is -0.356 e. The second-order valence-corrected chi connectivity index (χ2v) is 5.17. The number of amides is 2. The van der Waals surface area contributed by atoms with E-state index in [0.29, 0.717) is 12.2 Å². The molecule has 0 unspecified atom stereocenters. The van der Waals surface area contributed by atoms with Crippen LogP contribution in [0.15, 0.2) is 54.6 Å². The molecule has 2 rings (SSSR count). The Bertz CT molecular complexity index is 659. The van der Waals surface area contributed by atoms with E-state index in [2.05, 4.69) is 10.6 Å². The normalized spacial score (nSPS) is 10.1. The first-order valence-electron chi connectivity index (χ1n) is 7.49. The van der Waals surface area contributed by atoms with E-state index in [1.165, 1.54) is 23.8 Å². The Kier molecular flexibility index (Phi) is 6.29. The predicted octanol–water partition coefficient (Wildman–Crippen LogP) is 2.90. The maximum absolute atomic E-state index is 13.0. The van der Waals surface area contributed by atoms with E-state index in [1.807, 2.05) is 30.3 Å². The summed E-state index contributed by atoms with van der Waals surface area (Å²) in [5.41, 5.74) is 1.55. The van der Waals surface area contributed by atoms with E-state index in [1.54, 1.807) is 6.07 Å². The van der Waals surface area contributed by atoms with Crippen molar-refractivity contribution in [3.8, 4) is 0 Å². The summed E-state index contributed by atoms with van der Waals surface area (Å²) in [4.78, 5) is 23.4. The van der Waals surface area contributed by atoms with Gasteiger partial charge in [0.15, 0.2) is 0 Å². The first-order chi connectivity index (χ1) is 11.1. The number of carbonyl (C=O) groups is 2. The Labute approximate surface area is 134 Å². The van der Waals surface area contributed by atoms with Crippen molar-refractivity contribution in [3.63, 3.8) is 0 Å². The van der Waals surface area contributed by atoms with Crippen LogP contribution in [0.25, 0.3) is 0 Å². The van der Waals surface area contributed by atoms with Gasteiger partial charge in [0.25, 0.3) is 0 Å². The first-order valence-corrected chi connectivity index (χ1v) is 7.49. The molecule has 0 saturated carbocycles. The molecule has 0 aliphatic heterocycles. The number of carbonyl (C=O) groups excluding carboxylic acids is 2. The molecule has 120 valence electrons. The van der Waals surface area contributed by atoms with Crippen LogP contribution in [0, 0.1) is 5.82 Å². The van der Waals surface area contributed by atoms with Gasteiger partial charge in [0.2, 0.25) is 11.8 Å². The summed E-state index contributed by atoms with van der Waals surface area (Å²) in [7, 11) is 0. The molecule has 2 amide bonds. The van der Waals surface area contributed by atoms with Crippen LogP contribution in [0.2, 0.25) is 0 Å². The summed E-state index contributed by atoms with van der Waals surface area (Å²) < 4.78 is 13.0. The lowest BCUT2D eigenvalue weighted by molar-refractivity contribution is -0.126. The number of nitrogens with one attached hydrogen (secondary N) is 2. The molecule has 0 aromatic heterocycles. The van der Waals surface area contributed by atoms with Crippen LogP contribution >= 0.6 is 0 Å². The Morgan fingerprint density at radius 1 is 0.957 bits per heavy atom. The summed E-state index contributed by atoms with van der Waals surface area (Å²) in [6.45, 7) is 0.515. The van der Waals surface area contributed by atoms with Crippen LogP contribution in [0.3, 0.4) is 0 Å². The quantitative estimate of drug-likeness (QED) is 0.610. The first kappa shape index (κ1) is 16.7. The van der Waals surface area contributed by atoms with Crippen LogP contribution in [0.4, 0.5) is 10.1 Å². The predicted molar refractivity (Wildman–Crippen MR) is 87.4 cm³/mol. The third kappa shape index (κ3) is 6.30. The highest BCUT2D eigenvalue weighted by molar-refractivity contribution is 6.03. The fourth-order valence-corrected chi connectivity index (χ4v) is 2.14. The summed E-state index contributed by atoms with van der Waals surface area (Å²) >= 11 is 0. The van der Waals surface area contributed by atoms with Gasteiger partial charge in [-0.15, -0.1) is 0 Å². The number of anilines is 1. The number of aryl methyl sites for hydroxylation is 1. The van der Waals surface area contributed by atoms with Gasteiger partial charge in [-0.3, -0.25) is 9.59 Å². The molecule has 4 nitrogen and oxygen atoms in total. The van der Waals surface area contributed by atoms with Crippen LogP contribution in [0.1, 0.15) is 18.4 Å². The molecule has 2 aromatic rings. The van der Waals surface area contributed by atoms with Gasteiger partial charge in [0.05, 0.1) is 0 Å². The van der Waals surface area contributed by atoms with Crippen molar-refractivity contribution in [2.75, 3.05) is 11.9 Å². The summed E-state index contributed by atoms with van der Waals surface area (Å²) in [6, 6.07) is 15.5. The van der Waals surface area contributed by atoms with Crippen molar-refractivity contribution in [1.29, 1.82) is 0 Å². The van der Waals surface area contributed by atoms with Gasteiger partial charge < -0.3 is 10.6 Å². The second kappa shape index (κ2) is 8.68. The lowest BCUT2D eigenvalue weighted by Gasteiger charge is -2.07. The van der Waals surface area contributed by atoms with E-state index in [0.717, 1.165) is 12.8 Å². The molecule has 0 aliphatic carbocycles. The Balaban J connectivity index is 1.65. The highest BCUT2D eigenvalue weighted by atomic mass is 19.1. The number of hydrogen-bond acceptors (Lipinski definition) is 2. The van der Waals surface area contributed by atoms with Crippen LogP contribution < -0.4 is 10.6 Å². The molecule has 0 fully saturated rings. The number of hydrogen-bond donors (Lipinski definition) is 2. The minimum absolute atomic E-state index is 0.276. The molecule has 0 heterocycles. The van der Waals surface area contributed by atoms with Crippen LogP contribution in [-0.4, -0.2) is 18.4 Å². The summed E-state index contributed by atoms with van der Waals surface area (Å²) in [5, 5.41) is 5.20. The topological polar surface area (TPSA) is 58.2 Å². The zero-order valence-corrected chi connectivity index (χ0v) is 12.7. The summed E-state index contributed by atoms with van der Waals surface area (Å²) in [5.74, 6) is -1.24. The van der Waals surface area contributed by atoms with Crippen LogP contribution in [0.5, 0.6) is 0 Å². The number of benzene rings is 2. The minimum atomic E-state index is -0.462. The Morgan fingerprint density at radius 2 is 1.74 bits per heavy atom. The van der Waals surface area contributed by atoms with Crippen LogP contribution in [-0.2, 0) is 16.0 Å². The number of halogens is 1. The van der Waals surface area contributed by atoms with Gasteiger partial charge in [-0.05, 0) is 36.6 Å². The molecule has 0 spiro atoms. The van der Waals surface area contributed by atoms with E-state index in [9.17, 15) is 14.0 Å². The number of rotatable bonds is 7. The highest BCUT2D eigenvalue weighted by Crippen LogP contribution is 2.09. The lowest BCUT2D eigenvalue weighted by atomic mass is 10.1. The molecule has 0 saturated heterocycles. The lowest BCUT2D eigenvalue weighted by Crippen LogP contribution is -2.29.